The number of nitrogen functional groups attached to an aromatic ring is 1. The van der Waals surface area contributed by atoms with E-state index in [0.717, 1.165) is 18.9 Å². The van der Waals surface area contributed by atoms with Crippen molar-refractivity contribution >= 4 is 17.4 Å². The molecular formula is C15H17N5O. The van der Waals surface area contributed by atoms with E-state index in [4.69, 9.17) is 5.73 Å². The van der Waals surface area contributed by atoms with Crippen molar-refractivity contribution in [2.24, 2.45) is 0 Å². The van der Waals surface area contributed by atoms with Gasteiger partial charge in [0.2, 0.25) is 0 Å². The Hall–Kier alpha value is -2.63. The Kier molecular flexibility index (Phi) is 3.68. The van der Waals surface area contributed by atoms with E-state index in [0.29, 0.717) is 24.5 Å². The second-order valence-corrected chi connectivity index (χ2v) is 4.91. The zero-order valence-corrected chi connectivity index (χ0v) is 11.6. The average molecular weight is 283 g/mol. The number of nitrogens with zero attached hydrogens (tertiary/aromatic N) is 4. The van der Waals surface area contributed by atoms with Gasteiger partial charge in [-0.2, -0.15) is 0 Å². The van der Waals surface area contributed by atoms with Crippen LogP contribution in [-0.2, 0) is 0 Å². The van der Waals surface area contributed by atoms with Gasteiger partial charge in [-0.05, 0) is 24.3 Å². The van der Waals surface area contributed by atoms with E-state index in [1.54, 1.807) is 29.4 Å². The molecule has 2 N–H and O–H groups in total. The highest BCUT2D eigenvalue weighted by molar-refractivity contribution is 5.97. The van der Waals surface area contributed by atoms with Crippen molar-refractivity contribution in [1.29, 1.82) is 0 Å². The fraction of sp³-hybridized carbons (Fsp3) is 0.267. The van der Waals surface area contributed by atoms with E-state index < -0.39 is 0 Å². The van der Waals surface area contributed by atoms with E-state index in [2.05, 4.69) is 14.9 Å². The third-order valence-electron chi connectivity index (χ3n) is 3.58. The zero-order chi connectivity index (χ0) is 14.7. The van der Waals surface area contributed by atoms with Crippen LogP contribution in [0.5, 0.6) is 0 Å². The van der Waals surface area contributed by atoms with Gasteiger partial charge < -0.3 is 15.5 Å². The second kappa shape index (κ2) is 5.78. The first kappa shape index (κ1) is 13.4. The van der Waals surface area contributed by atoms with Crippen LogP contribution in [0.2, 0.25) is 0 Å². The number of carbonyl (C=O) groups excluding carboxylic acids is 1. The van der Waals surface area contributed by atoms with Crippen molar-refractivity contribution in [3.8, 4) is 0 Å². The number of nitrogens with two attached hydrogens (primary N) is 1. The Morgan fingerprint density at radius 1 is 1.00 bits per heavy atom. The summed E-state index contributed by atoms with van der Waals surface area (Å²) < 4.78 is 0. The summed E-state index contributed by atoms with van der Waals surface area (Å²) in [7, 11) is 0. The predicted octanol–water partition coefficient (Wildman–Crippen LogP) is 1.02. The molecule has 0 saturated carbocycles. The normalized spacial score (nSPS) is 15.0. The molecule has 0 bridgehead atoms. The van der Waals surface area contributed by atoms with Crippen LogP contribution in [-0.4, -0.2) is 47.0 Å². The van der Waals surface area contributed by atoms with E-state index in [9.17, 15) is 4.79 Å². The summed E-state index contributed by atoms with van der Waals surface area (Å²) in [4.78, 5) is 24.8. The quantitative estimate of drug-likeness (QED) is 0.890. The number of pyridine rings is 2. The summed E-state index contributed by atoms with van der Waals surface area (Å²) in [5.41, 5.74) is 6.58. The van der Waals surface area contributed by atoms with Crippen molar-refractivity contribution < 1.29 is 4.79 Å². The second-order valence-electron chi connectivity index (χ2n) is 4.91. The summed E-state index contributed by atoms with van der Waals surface area (Å²) in [5, 5.41) is 0. The van der Waals surface area contributed by atoms with Gasteiger partial charge in [0.15, 0.2) is 5.69 Å². The molecule has 0 radical (unpaired) electrons. The Morgan fingerprint density at radius 2 is 1.76 bits per heavy atom. The van der Waals surface area contributed by atoms with E-state index in [-0.39, 0.29) is 5.91 Å². The molecule has 0 aliphatic carbocycles. The van der Waals surface area contributed by atoms with Crippen LogP contribution in [0.25, 0.3) is 0 Å². The minimum absolute atomic E-state index is 0.103. The number of hydrogen-bond donors (Lipinski definition) is 1. The van der Waals surface area contributed by atoms with Gasteiger partial charge in [-0.15, -0.1) is 0 Å². The molecule has 0 unspecified atom stereocenters. The lowest BCUT2D eigenvalue weighted by molar-refractivity contribution is 0.0742. The molecule has 1 amide bonds. The first-order chi connectivity index (χ1) is 10.3. The summed E-state index contributed by atoms with van der Waals surface area (Å²) in [5.74, 6) is 0.843. The van der Waals surface area contributed by atoms with Crippen LogP contribution in [0.3, 0.4) is 0 Å². The molecule has 6 heteroatoms. The molecule has 3 heterocycles. The lowest BCUT2D eigenvalue weighted by Crippen LogP contribution is -2.49. The number of carbonyl (C=O) groups is 1. The summed E-state index contributed by atoms with van der Waals surface area (Å²) in [6.45, 7) is 2.81. The third kappa shape index (κ3) is 2.79. The van der Waals surface area contributed by atoms with E-state index >= 15 is 0 Å². The van der Waals surface area contributed by atoms with Gasteiger partial charge in [0.1, 0.15) is 5.82 Å². The van der Waals surface area contributed by atoms with Crippen molar-refractivity contribution in [2.45, 2.75) is 0 Å². The lowest BCUT2D eigenvalue weighted by Gasteiger charge is -2.35. The Balaban J connectivity index is 1.66. The number of piperazine rings is 1. The van der Waals surface area contributed by atoms with E-state index in [1.165, 1.54) is 0 Å². The van der Waals surface area contributed by atoms with Gasteiger partial charge in [0.05, 0.1) is 5.69 Å². The maximum Gasteiger partial charge on any atom is 0.274 e. The molecule has 6 nitrogen and oxygen atoms in total. The van der Waals surface area contributed by atoms with Gasteiger partial charge in [0, 0.05) is 38.6 Å². The maximum absolute atomic E-state index is 12.4. The third-order valence-corrected chi connectivity index (χ3v) is 3.58. The van der Waals surface area contributed by atoms with Crippen molar-refractivity contribution in [2.75, 3.05) is 36.8 Å². The maximum atomic E-state index is 12.4. The highest BCUT2D eigenvalue weighted by atomic mass is 16.2. The fourth-order valence-corrected chi connectivity index (χ4v) is 2.43. The van der Waals surface area contributed by atoms with Crippen molar-refractivity contribution in [3.63, 3.8) is 0 Å². The molecule has 21 heavy (non-hydrogen) atoms. The van der Waals surface area contributed by atoms with Crippen LogP contribution in [0.1, 0.15) is 10.5 Å². The van der Waals surface area contributed by atoms with Crippen molar-refractivity contribution in [3.05, 3.63) is 48.4 Å². The first-order valence-electron chi connectivity index (χ1n) is 6.91. The highest BCUT2D eigenvalue weighted by Crippen LogP contribution is 2.15. The fourth-order valence-electron chi connectivity index (χ4n) is 2.43. The molecule has 1 aliphatic heterocycles. The molecule has 2 aromatic heterocycles. The van der Waals surface area contributed by atoms with Crippen molar-refractivity contribution in [1.82, 2.24) is 14.9 Å². The van der Waals surface area contributed by atoms with Gasteiger partial charge >= 0.3 is 0 Å². The number of amides is 1. The van der Waals surface area contributed by atoms with E-state index in [1.807, 2.05) is 18.2 Å². The molecule has 2 aromatic rings. The number of rotatable bonds is 2. The van der Waals surface area contributed by atoms with Crippen LogP contribution in [0.4, 0.5) is 11.5 Å². The van der Waals surface area contributed by atoms with Gasteiger partial charge in [-0.25, -0.2) is 9.97 Å². The zero-order valence-electron chi connectivity index (χ0n) is 11.6. The molecule has 0 atom stereocenters. The monoisotopic (exact) mass is 283 g/mol. The molecule has 0 spiro atoms. The smallest absolute Gasteiger partial charge is 0.274 e. The Bertz CT molecular complexity index is 623. The molecule has 1 saturated heterocycles. The van der Waals surface area contributed by atoms with Crippen LogP contribution in [0, 0.1) is 0 Å². The minimum atomic E-state index is -0.103. The Morgan fingerprint density at radius 3 is 2.43 bits per heavy atom. The number of anilines is 2. The average Bonchev–Trinajstić information content (AvgIpc) is 2.56. The molecule has 0 aromatic carbocycles. The number of hydrogen-bond acceptors (Lipinski definition) is 5. The summed E-state index contributed by atoms with van der Waals surface area (Å²) >= 11 is 0. The number of aromatic nitrogens is 2. The summed E-state index contributed by atoms with van der Waals surface area (Å²) in [6, 6.07) is 9.27. The molecule has 1 aliphatic rings. The largest absolute Gasteiger partial charge is 0.397 e. The standard InChI is InChI=1S/C15H17N5O/c16-12-4-3-7-18-14(12)15(21)20-10-8-19(9-11-20)13-5-1-2-6-17-13/h1-7H,8-11,16H2. The Labute approximate surface area is 123 Å². The van der Waals surface area contributed by atoms with Crippen LogP contribution >= 0.6 is 0 Å². The van der Waals surface area contributed by atoms with Gasteiger partial charge in [-0.3, -0.25) is 4.79 Å². The topological polar surface area (TPSA) is 75.3 Å². The molecule has 3 rings (SSSR count). The molecule has 1 fully saturated rings. The van der Waals surface area contributed by atoms with Gasteiger partial charge in [0.25, 0.3) is 5.91 Å². The molecular weight excluding hydrogens is 266 g/mol. The lowest BCUT2D eigenvalue weighted by atomic mass is 10.2. The SMILES string of the molecule is Nc1cccnc1C(=O)N1CCN(c2ccccn2)CC1. The first-order valence-corrected chi connectivity index (χ1v) is 6.91. The van der Waals surface area contributed by atoms with Crippen LogP contribution in [0.15, 0.2) is 42.7 Å². The summed E-state index contributed by atoms with van der Waals surface area (Å²) in [6.07, 6.45) is 3.37. The minimum Gasteiger partial charge on any atom is -0.397 e. The predicted molar refractivity (Wildman–Crippen MR) is 81.0 cm³/mol. The highest BCUT2D eigenvalue weighted by Gasteiger charge is 2.24. The van der Waals surface area contributed by atoms with Crippen LogP contribution < -0.4 is 10.6 Å². The van der Waals surface area contributed by atoms with Gasteiger partial charge in [-0.1, -0.05) is 6.07 Å². The molecule has 108 valence electrons.